The van der Waals surface area contributed by atoms with Crippen LogP contribution in [-0.2, 0) is 34.2 Å². The zero-order valence-corrected chi connectivity index (χ0v) is 29.0. The zero-order valence-electron chi connectivity index (χ0n) is 28.1. The van der Waals surface area contributed by atoms with E-state index in [0.29, 0.717) is 17.8 Å². The highest BCUT2D eigenvalue weighted by Gasteiger charge is 2.67. The highest BCUT2D eigenvalue weighted by Crippen LogP contribution is 2.66. The topological polar surface area (TPSA) is 46.2 Å². The molecule has 0 bridgehead atoms. The normalized spacial score (nSPS) is 28.4. The molecular weight excluding hydrogens is 603 g/mol. The minimum Gasteiger partial charge on any atom is -0.341 e. The lowest BCUT2D eigenvalue weighted by molar-refractivity contribution is -0.177. The van der Waals surface area contributed by atoms with Crippen molar-refractivity contribution in [1.82, 2.24) is 0 Å². The van der Waals surface area contributed by atoms with Crippen LogP contribution >= 0.6 is 8.60 Å². The van der Waals surface area contributed by atoms with Gasteiger partial charge < -0.3 is 14.0 Å². The summed E-state index contributed by atoms with van der Waals surface area (Å²) in [5, 5.41) is 0. The Hall–Kier alpha value is -2.89. The van der Waals surface area contributed by atoms with Crippen LogP contribution < -0.4 is 0 Å². The molecule has 47 heavy (non-hydrogen) atoms. The number of ether oxygens (including phenoxy) is 2. The molecule has 2 heterocycles. The predicted molar refractivity (Wildman–Crippen MR) is 186 cm³/mol. The van der Waals surface area contributed by atoms with Crippen molar-refractivity contribution in [2.45, 2.75) is 89.2 Å². The van der Waals surface area contributed by atoms with Crippen molar-refractivity contribution in [1.29, 1.82) is 0 Å². The highest BCUT2D eigenvalue weighted by molar-refractivity contribution is 7.41. The van der Waals surface area contributed by atoms with E-state index in [2.05, 4.69) is 118 Å². The first-order valence-electron chi connectivity index (χ1n) is 17.2. The lowest BCUT2D eigenvalue weighted by atomic mass is 9.72. The average Bonchev–Trinajstić information content (AvgIpc) is 3.37. The van der Waals surface area contributed by atoms with Gasteiger partial charge in [-0.2, -0.15) is 0 Å². The molecule has 246 valence electrons. The van der Waals surface area contributed by atoms with Crippen LogP contribution in [0.15, 0.2) is 121 Å². The van der Waals surface area contributed by atoms with Gasteiger partial charge in [-0.25, -0.2) is 0 Å². The summed E-state index contributed by atoms with van der Waals surface area (Å²) in [4.78, 5) is 0. The maximum absolute atomic E-state index is 7.56. The number of rotatable bonds is 7. The lowest BCUT2D eigenvalue weighted by Crippen LogP contribution is -2.53. The molecule has 5 atom stereocenters. The van der Waals surface area contributed by atoms with Crippen molar-refractivity contribution in [2.75, 3.05) is 0 Å². The molecule has 4 aromatic carbocycles. The van der Waals surface area contributed by atoms with Crippen molar-refractivity contribution in [3.8, 4) is 0 Å². The summed E-state index contributed by atoms with van der Waals surface area (Å²) in [6.45, 7) is 10.9. The Balaban J connectivity index is 1.51. The second kappa shape index (κ2) is 13.2. The Labute approximate surface area is 281 Å². The van der Waals surface area contributed by atoms with Gasteiger partial charge >= 0.3 is 8.60 Å². The summed E-state index contributed by atoms with van der Waals surface area (Å²) in [7, 11) is -1.98. The first-order valence-corrected chi connectivity index (χ1v) is 18.3. The molecule has 2 saturated heterocycles. The molecule has 2 aliphatic heterocycles. The van der Waals surface area contributed by atoms with Crippen LogP contribution in [0, 0.1) is 17.8 Å². The molecule has 0 N–H and O–H groups in total. The second-order valence-corrected chi connectivity index (χ2v) is 15.3. The third kappa shape index (κ3) is 6.01. The maximum Gasteiger partial charge on any atom is 0.335 e. The van der Waals surface area contributed by atoms with E-state index < -0.39 is 37.8 Å². The van der Waals surface area contributed by atoms with Gasteiger partial charge in [0.2, 0.25) is 0 Å². The summed E-state index contributed by atoms with van der Waals surface area (Å²) in [5.41, 5.74) is 1.66. The monoisotopic (exact) mass is 650 g/mol. The maximum atomic E-state index is 7.56. The van der Waals surface area contributed by atoms with Crippen LogP contribution in [0.2, 0.25) is 0 Å². The highest BCUT2D eigenvalue weighted by atomic mass is 31.2. The van der Waals surface area contributed by atoms with Crippen molar-refractivity contribution in [3.63, 3.8) is 0 Å². The summed E-state index contributed by atoms with van der Waals surface area (Å²) in [6, 6.07) is 41.7. The summed E-state index contributed by atoms with van der Waals surface area (Å²) >= 11 is 0. The number of fused-ring (bicyclic) bond motifs is 1. The van der Waals surface area contributed by atoms with Crippen LogP contribution in [0.1, 0.15) is 76.1 Å². The van der Waals surface area contributed by atoms with Crippen LogP contribution in [-0.4, -0.2) is 24.1 Å². The molecule has 7 rings (SSSR count). The molecule has 1 saturated carbocycles. The fraction of sp³-hybridized carbons (Fsp3) is 0.415. The van der Waals surface area contributed by atoms with E-state index in [9.17, 15) is 0 Å². The molecular formula is C41H47O5P. The molecule has 0 radical (unpaired) electrons. The van der Waals surface area contributed by atoms with Gasteiger partial charge in [-0.3, -0.25) is 9.05 Å². The number of hydrogen-bond donors (Lipinski definition) is 0. The third-order valence-electron chi connectivity index (χ3n) is 10.3. The molecule has 0 amide bonds. The lowest BCUT2D eigenvalue weighted by Gasteiger charge is -2.42. The van der Waals surface area contributed by atoms with Crippen molar-refractivity contribution in [3.05, 3.63) is 144 Å². The minimum atomic E-state index is -1.98. The molecule has 5 nitrogen and oxygen atoms in total. The van der Waals surface area contributed by atoms with Gasteiger partial charge in [0, 0.05) is 0 Å². The fourth-order valence-electron chi connectivity index (χ4n) is 8.05. The molecule has 3 fully saturated rings. The largest absolute Gasteiger partial charge is 0.341 e. The van der Waals surface area contributed by atoms with Gasteiger partial charge in [0.1, 0.15) is 12.2 Å². The Kier molecular flexibility index (Phi) is 9.17. The van der Waals surface area contributed by atoms with E-state index in [-0.39, 0.29) is 6.10 Å². The van der Waals surface area contributed by atoms with Gasteiger partial charge in [-0.15, -0.1) is 0 Å². The molecule has 3 aliphatic rings. The number of hydrogen-bond acceptors (Lipinski definition) is 5. The van der Waals surface area contributed by atoms with Crippen molar-refractivity contribution >= 4 is 8.60 Å². The molecule has 0 aromatic heterocycles. The predicted octanol–water partition coefficient (Wildman–Crippen LogP) is 10.1. The van der Waals surface area contributed by atoms with Gasteiger partial charge in [0.15, 0.2) is 17.0 Å². The Morgan fingerprint density at radius 2 is 1.00 bits per heavy atom. The van der Waals surface area contributed by atoms with Gasteiger partial charge in [-0.05, 0) is 66.7 Å². The molecule has 6 heteroatoms. The fourth-order valence-corrected chi connectivity index (χ4v) is 9.73. The van der Waals surface area contributed by atoms with Crippen LogP contribution in [0.5, 0.6) is 0 Å². The Bertz CT molecular complexity index is 1410. The molecule has 4 aromatic rings. The van der Waals surface area contributed by atoms with E-state index in [1.54, 1.807) is 0 Å². The minimum absolute atomic E-state index is 0.00503. The third-order valence-corrected chi connectivity index (χ3v) is 11.6. The average molecular weight is 651 g/mol. The Morgan fingerprint density at radius 1 is 0.617 bits per heavy atom. The Morgan fingerprint density at radius 3 is 1.36 bits per heavy atom. The summed E-state index contributed by atoms with van der Waals surface area (Å²) in [6.07, 6.45) is 2.08. The van der Waals surface area contributed by atoms with E-state index in [1.807, 2.05) is 38.1 Å². The SMILES string of the molecule is CC(C)[C@H]1CC[C@H](C)C[C@@H]1OP1OC(c2ccccc2)(c2ccccc2)[C@@H]2OC(C)(C)O[C@H]2C(c2ccccc2)(c2ccccc2)O1. The second-order valence-electron chi connectivity index (χ2n) is 14.3. The van der Waals surface area contributed by atoms with Crippen LogP contribution in [0.4, 0.5) is 0 Å². The molecule has 0 unspecified atom stereocenters. The van der Waals surface area contributed by atoms with Gasteiger partial charge in [-0.1, -0.05) is 149 Å². The molecule has 0 spiro atoms. The quantitative estimate of drug-likeness (QED) is 0.186. The van der Waals surface area contributed by atoms with E-state index >= 15 is 0 Å². The first-order chi connectivity index (χ1) is 22.7. The van der Waals surface area contributed by atoms with Gasteiger partial charge in [0.05, 0.1) is 6.10 Å². The zero-order chi connectivity index (χ0) is 32.6. The van der Waals surface area contributed by atoms with Crippen molar-refractivity contribution in [2.24, 2.45) is 17.8 Å². The summed E-state index contributed by atoms with van der Waals surface area (Å²) < 4.78 is 36.6. The smallest absolute Gasteiger partial charge is 0.335 e. The van der Waals surface area contributed by atoms with E-state index in [4.69, 9.17) is 23.0 Å². The first kappa shape index (κ1) is 32.6. The van der Waals surface area contributed by atoms with Crippen LogP contribution in [0.25, 0.3) is 0 Å². The summed E-state index contributed by atoms with van der Waals surface area (Å²) in [5.74, 6) is 0.515. The van der Waals surface area contributed by atoms with Crippen molar-refractivity contribution < 1.29 is 23.0 Å². The molecule has 1 aliphatic carbocycles. The van der Waals surface area contributed by atoms with Crippen LogP contribution in [0.3, 0.4) is 0 Å². The van der Waals surface area contributed by atoms with E-state index in [0.717, 1.165) is 35.1 Å². The van der Waals surface area contributed by atoms with E-state index in [1.165, 1.54) is 6.42 Å². The van der Waals surface area contributed by atoms with Gasteiger partial charge in [0.25, 0.3) is 0 Å². The standard InChI is InChI=1S/C41H47O5P/c1-29(2)35-27-26-30(3)28-36(35)44-47-45-40(31-18-10-6-11-19-31,32-20-12-7-13-21-32)37-38(43-39(4,5)42-37)41(46-47,33-22-14-8-15-23-33)34-24-16-9-17-25-34/h6-25,29-30,35-38H,26-28H2,1-5H3/t30-,35+,36-,37+,38+/m0/s1. The number of benzene rings is 4.